The molecule has 0 aliphatic carbocycles. The number of benzene rings is 1. The van der Waals surface area contributed by atoms with E-state index < -0.39 is 0 Å². The van der Waals surface area contributed by atoms with Crippen LogP contribution in [0, 0.1) is 0 Å². The molecule has 4 heteroatoms. The summed E-state index contributed by atoms with van der Waals surface area (Å²) in [6, 6.07) is 9.96. The summed E-state index contributed by atoms with van der Waals surface area (Å²) in [7, 11) is 1.91. The van der Waals surface area contributed by atoms with Gasteiger partial charge in [-0.25, -0.2) is 9.97 Å². The first kappa shape index (κ1) is 10.6. The molecule has 16 heavy (non-hydrogen) atoms. The maximum Gasteiger partial charge on any atom is 0.321 e. The largest absolute Gasteiger partial charge is 0.424 e. The molecule has 2 aromatic rings. The van der Waals surface area contributed by atoms with Gasteiger partial charge >= 0.3 is 6.01 Å². The van der Waals surface area contributed by atoms with Crippen molar-refractivity contribution in [2.75, 3.05) is 7.05 Å². The summed E-state index contributed by atoms with van der Waals surface area (Å²) >= 11 is 0. The number of nitrogens with one attached hydrogen (secondary N) is 1. The van der Waals surface area contributed by atoms with E-state index in [1.165, 1.54) is 0 Å². The average molecular weight is 215 g/mol. The van der Waals surface area contributed by atoms with Crippen LogP contribution in [0.1, 0.15) is 5.56 Å². The van der Waals surface area contributed by atoms with Crippen molar-refractivity contribution in [1.82, 2.24) is 15.3 Å². The molecule has 0 amide bonds. The molecule has 0 aliphatic heterocycles. The minimum atomic E-state index is 0.365. The molecule has 0 bridgehead atoms. The molecular formula is C12H13N3O. The van der Waals surface area contributed by atoms with Crippen LogP contribution in [-0.4, -0.2) is 17.0 Å². The standard InChI is InChI=1S/C12H13N3O/c1-13-9-10-4-2-5-11(8-10)16-12-14-6-3-7-15-12/h2-8,13H,9H2,1H3. The third kappa shape index (κ3) is 2.77. The first-order valence-electron chi connectivity index (χ1n) is 5.07. The van der Waals surface area contributed by atoms with E-state index in [9.17, 15) is 0 Å². The lowest BCUT2D eigenvalue weighted by molar-refractivity contribution is 0.441. The molecule has 0 spiro atoms. The van der Waals surface area contributed by atoms with Crippen LogP contribution in [0.4, 0.5) is 0 Å². The highest BCUT2D eigenvalue weighted by molar-refractivity contribution is 5.30. The lowest BCUT2D eigenvalue weighted by Gasteiger charge is -2.05. The number of ether oxygens (including phenoxy) is 1. The molecule has 82 valence electrons. The second-order valence-corrected chi connectivity index (χ2v) is 3.31. The summed E-state index contributed by atoms with van der Waals surface area (Å²) < 4.78 is 5.52. The van der Waals surface area contributed by atoms with Crippen LogP contribution < -0.4 is 10.1 Å². The molecule has 0 unspecified atom stereocenters. The lowest BCUT2D eigenvalue weighted by atomic mass is 10.2. The Labute approximate surface area is 94.3 Å². The van der Waals surface area contributed by atoms with Crippen LogP contribution in [0.3, 0.4) is 0 Å². The van der Waals surface area contributed by atoms with Crippen LogP contribution in [0.2, 0.25) is 0 Å². The van der Waals surface area contributed by atoms with Crippen molar-refractivity contribution in [1.29, 1.82) is 0 Å². The average Bonchev–Trinajstić information content (AvgIpc) is 2.31. The quantitative estimate of drug-likeness (QED) is 0.847. The van der Waals surface area contributed by atoms with Gasteiger partial charge < -0.3 is 10.1 Å². The molecule has 2 rings (SSSR count). The third-order valence-corrected chi connectivity index (χ3v) is 2.03. The molecule has 0 atom stereocenters. The Morgan fingerprint density at radius 1 is 1.19 bits per heavy atom. The van der Waals surface area contributed by atoms with Gasteiger partial charge in [0.1, 0.15) is 5.75 Å². The monoisotopic (exact) mass is 215 g/mol. The summed E-state index contributed by atoms with van der Waals surface area (Å²) in [5.74, 6) is 0.749. The van der Waals surface area contributed by atoms with Crippen LogP contribution in [0.15, 0.2) is 42.7 Å². The van der Waals surface area contributed by atoms with Gasteiger partial charge in [0, 0.05) is 18.9 Å². The van der Waals surface area contributed by atoms with Crippen molar-refractivity contribution in [3.05, 3.63) is 48.3 Å². The Kier molecular flexibility index (Phi) is 3.46. The first-order valence-corrected chi connectivity index (χ1v) is 5.07. The molecule has 0 aliphatic rings. The van der Waals surface area contributed by atoms with E-state index in [2.05, 4.69) is 15.3 Å². The zero-order valence-corrected chi connectivity index (χ0v) is 9.05. The summed E-state index contributed by atoms with van der Waals surface area (Å²) in [6.45, 7) is 0.812. The van der Waals surface area contributed by atoms with Crippen LogP contribution in [0.5, 0.6) is 11.8 Å². The van der Waals surface area contributed by atoms with Crippen molar-refractivity contribution in [2.45, 2.75) is 6.54 Å². The Morgan fingerprint density at radius 2 is 2.00 bits per heavy atom. The number of nitrogens with zero attached hydrogens (tertiary/aromatic N) is 2. The summed E-state index contributed by atoms with van der Waals surface area (Å²) in [5, 5.41) is 3.09. The molecule has 1 N–H and O–H groups in total. The van der Waals surface area contributed by atoms with Gasteiger partial charge in [-0.1, -0.05) is 12.1 Å². The van der Waals surface area contributed by atoms with Gasteiger partial charge in [0.05, 0.1) is 0 Å². The SMILES string of the molecule is CNCc1cccc(Oc2ncccn2)c1. The van der Waals surface area contributed by atoms with Gasteiger partial charge in [0.2, 0.25) is 0 Å². The molecule has 1 aromatic carbocycles. The number of rotatable bonds is 4. The fraction of sp³-hybridized carbons (Fsp3) is 0.167. The fourth-order valence-corrected chi connectivity index (χ4v) is 1.37. The summed E-state index contributed by atoms with van der Waals surface area (Å²) in [4.78, 5) is 8.00. The molecule has 0 fully saturated rings. The van der Waals surface area contributed by atoms with Crippen molar-refractivity contribution in [3.8, 4) is 11.8 Å². The Hall–Kier alpha value is -1.94. The molecule has 4 nitrogen and oxygen atoms in total. The molecule has 0 radical (unpaired) electrons. The van der Waals surface area contributed by atoms with E-state index in [1.807, 2.05) is 31.3 Å². The van der Waals surface area contributed by atoms with Crippen molar-refractivity contribution >= 4 is 0 Å². The lowest BCUT2D eigenvalue weighted by Crippen LogP contribution is -2.04. The minimum Gasteiger partial charge on any atom is -0.424 e. The maximum atomic E-state index is 5.52. The van der Waals surface area contributed by atoms with Gasteiger partial charge in [-0.2, -0.15) is 0 Å². The molecule has 0 saturated heterocycles. The topological polar surface area (TPSA) is 47.0 Å². The summed E-state index contributed by atoms with van der Waals surface area (Å²) in [5.41, 5.74) is 1.16. The van der Waals surface area contributed by atoms with Gasteiger partial charge in [0.15, 0.2) is 0 Å². The Morgan fingerprint density at radius 3 is 2.75 bits per heavy atom. The van der Waals surface area contributed by atoms with E-state index in [0.717, 1.165) is 17.9 Å². The minimum absolute atomic E-state index is 0.365. The van der Waals surface area contributed by atoms with Crippen LogP contribution in [0.25, 0.3) is 0 Å². The molecule has 1 heterocycles. The van der Waals surface area contributed by atoms with E-state index >= 15 is 0 Å². The fourth-order valence-electron chi connectivity index (χ4n) is 1.37. The normalized spacial score (nSPS) is 10.1. The Bertz CT molecular complexity index is 445. The first-order chi connectivity index (χ1) is 7.88. The second kappa shape index (κ2) is 5.23. The number of hydrogen-bond acceptors (Lipinski definition) is 4. The smallest absolute Gasteiger partial charge is 0.321 e. The van der Waals surface area contributed by atoms with Crippen molar-refractivity contribution in [2.24, 2.45) is 0 Å². The highest BCUT2D eigenvalue weighted by Crippen LogP contribution is 2.18. The zero-order chi connectivity index (χ0) is 11.2. The van der Waals surface area contributed by atoms with Crippen molar-refractivity contribution < 1.29 is 4.74 Å². The van der Waals surface area contributed by atoms with Gasteiger partial charge in [-0.3, -0.25) is 0 Å². The van der Waals surface area contributed by atoms with E-state index in [4.69, 9.17) is 4.74 Å². The molecule has 0 saturated carbocycles. The predicted molar refractivity (Wildman–Crippen MR) is 61.3 cm³/mol. The highest BCUT2D eigenvalue weighted by atomic mass is 16.5. The Balaban J connectivity index is 2.12. The second-order valence-electron chi connectivity index (χ2n) is 3.31. The summed E-state index contributed by atoms with van der Waals surface area (Å²) in [6.07, 6.45) is 3.31. The van der Waals surface area contributed by atoms with Crippen LogP contribution >= 0.6 is 0 Å². The van der Waals surface area contributed by atoms with Crippen LogP contribution in [-0.2, 0) is 6.54 Å². The zero-order valence-electron chi connectivity index (χ0n) is 9.05. The third-order valence-electron chi connectivity index (χ3n) is 2.03. The molecular weight excluding hydrogens is 202 g/mol. The maximum absolute atomic E-state index is 5.52. The molecule has 1 aromatic heterocycles. The van der Waals surface area contributed by atoms with Gasteiger partial charge in [-0.15, -0.1) is 0 Å². The van der Waals surface area contributed by atoms with E-state index in [0.29, 0.717) is 6.01 Å². The van der Waals surface area contributed by atoms with E-state index in [-0.39, 0.29) is 0 Å². The highest BCUT2D eigenvalue weighted by Gasteiger charge is 1.99. The number of hydrogen-bond donors (Lipinski definition) is 1. The number of aromatic nitrogens is 2. The van der Waals surface area contributed by atoms with Gasteiger partial charge in [-0.05, 0) is 30.8 Å². The van der Waals surface area contributed by atoms with Crippen molar-refractivity contribution in [3.63, 3.8) is 0 Å². The van der Waals surface area contributed by atoms with E-state index in [1.54, 1.807) is 18.5 Å². The van der Waals surface area contributed by atoms with Gasteiger partial charge in [0.25, 0.3) is 0 Å². The predicted octanol–water partition coefficient (Wildman–Crippen LogP) is 1.99.